The highest BCUT2D eigenvalue weighted by Gasteiger charge is 2.31. The molecule has 4 nitrogen and oxygen atoms in total. The second kappa shape index (κ2) is 5.12. The fourth-order valence-electron chi connectivity index (χ4n) is 1.80. The molecule has 0 aromatic carbocycles. The predicted octanol–water partition coefficient (Wildman–Crippen LogP) is -0.336. The van der Waals surface area contributed by atoms with Gasteiger partial charge in [-0.05, 0) is 13.0 Å². The summed E-state index contributed by atoms with van der Waals surface area (Å²) < 4.78 is 0. The number of likely N-dealkylation sites (N-methyl/N-ethyl adjacent to an activating group) is 1. The van der Waals surface area contributed by atoms with Gasteiger partial charge < -0.3 is 10.6 Å². The van der Waals surface area contributed by atoms with Gasteiger partial charge in [-0.1, -0.05) is 6.08 Å². The Labute approximate surface area is 85.3 Å². The first kappa shape index (κ1) is 11.2. The molecule has 1 saturated heterocycles. The zero-order valence-corrected chi connectivity index (χ0v) is 8.78. The minimum absolute atomic E-state index is 0.0447. The quantitative estimate of drug-likeness (QED) is 0.627. The highest BCUT2D eigenvalue weighted by molar-refractivity contribution is 5.82. The number of rotatable bonds is 4. The lowest BCUT2D eigenvalue weighted by Crippen LogP contribution is -2.56. The predicted molar refractivity (Wildman–Crippen MR) is 56.9 cm³/mol. The van der Waals surface area contributed by atoms with E-state index >= 15 is 0 Å². The van der Waals surface area contributed by atoms with E-state index in [1.54, 1.807) is 4.90 Å². The maximum atomic E-state index is 11.8. The molecular weight excluding hydrogens is 178 g/mol. The van der Waals surface area contributed by atoms with Crippen molar-refractivity contribution in [3.05, 3.63) is 12.7 Å². The Morgan fingerprint density at radius 2 is 2.36 bits per heavy atom. The molecule has 2 N–H and O–H groups in total. The molecule has 0 saturated carbocycles. The van der Waals surface area contributed by atoms with Crippen LogP contribution in [0.5, 0.6) is 0 Å². The minimum Gasteiger partial charge on any atom is -0.343 e. The lowest BCUT2D eigenvalue weighted by molar-refractivity contribution is -0.139. The van der Waals surface area contributed by atoms with Crippen LogP contribution in [0.25, 0.3) is 0 Å². The van der Waals surface area contributed by atoms with Gasteiger partial charge in [0, 0.05) is 26.7 Å². The monoisotopic (exact) mass is 197 g/mol. The maximum absolute atomic E-state index is 11.8. The van der Waals surface area contributed by atoms with E-state index in [9.17, 15) is 4.79 Å². The molecule has 0 aromatic rings. The summed E-state index contributed by atoms with van der Waals surface area (Å²) in [5.74, 6) is 0.184. The summed E-state index contributed by atoms with van der Waals surface area (Å²) in [4.78, 5) is 15.7. The van der Waals surface area contributed by atoms with Gasteiger partial charge in [-0.15, -0.1) is 6.58 Å². The summed E-state index contributed by atoms with van der Waals surface area (Å²) in [7, 11) is 1.84. The third-order valence-corrected chi connectivity index (χ3v) is 2.63. The molecule has 0 radical (unpaired) electrons. The van der Waals surface area contributed by atoms with E-state index in [-0.39, 0.29) is 11.9 Å². The Morgan fingerprint density at radius 1 is 1.64 bits per heavy atom. The second-order valence-corrected chi connectivity index (χ2v) is 3.64. The molecule has 4 heteroatoms. The van der Waals surface area contributed by atoms with E-state index in [1.807, 2.05) is 13.1 Å². The van der Waals surface area contributed by atoms with Gasteiger partial charge >= 0.3 is 0 Å². The van der Waals surface area contributed by atoms with Crippen molar-refractivity contribution >= 4 is 5.91 Å². The van der Waals surface area contributed by atoms with Crippen molar-refractivity contribution < 1.29 is 4.79 Å². The molecule has 1 fully saturated rings. The summed E-state index contributed by atoms with van der Waals surface area (Å²) in [6, 6.07) is -0.0447. The van der Waals surface area contributed by atoms with E-state index in [0.717, 1.165) is 26.1 Å². The van der Waals surface area contributed by atoms with Crippen molar-refractivity contribution in [1.29, 1.82) is 0 Å². The van der Waals surface area contributed by atoms with Gasteiger partial charge in [-0.2, -0.15) is 0 Å². The van der Waals surface area contributed by atoms with Crippen LogP contribution in [-0.4, -0.2) is 55.0 Å². The average molecular weight is 197 g/mol. The van der Waals surface area contributed by atoms with Crippen LogP contribution < -0.4 is 5.73 Å². The van der Waals surface area contributed by atoms with Gasteiger partial charge in [-0.25, -0.2) is 0 Å². The first-order chi connectivity index (χ1) is 6.70. The van der Waals surface area contributed by atoms with Crippen LogP contribution in [0.4, 0.5) is 0 Å². The Hall–Kier alpha value is -0.870. The average Bonchev–Trinajstić information content (AvgIpc) is 2.18. The Morgan fingerprint density at radius 3 is 2.93 bits per heavy atom. The number of piperazine rings is 1. The third-order valence-electron chi connectivity index (χ3n) is 2.63. The number of amides is 1. The molecule has 0 aromatic heterocycles. The van der Waals surface area contributed by atoms with E-state index < -0.39 is 0 Å². The van der Waals surface area contributed by atoms with Crippen LogP contribution in [0.15, 0.2) is 12.7 Å². The Bertz CT molecular complexity index is 217. The van der Waals surface area contributed by atoms with Crippen LogP contribution in [0.3, 0.4) is 0 Å². The Balaban J connectivity index is 2.65. The maximum Gasteiger partial charge on any atom is 0.239 e. The lowest BCUT2D eigenvalue weighted by Gasteiger charge is -2.38. The number of nitrogens with zero attached hydrogens (tertiary/aromatic N) is 2. The number of carbonyl (C=O) groups is 1. The molecule has 1 aliphatic heterocycles. The minimum atomic E-state index is -0.0447. The molecule has 1 unspecified atom stereocenters. The molecule has 1 heterocycles. The fourth-order valence-corrected chi connectivity index (χ4v) is 1.80. The molecule has 1 atom stereocenters. The molecule has 0 bridgehead atoms. The molecule has 80 valence electrons. The van der Waals surface area contributed by atoms with Crippen LogP contribution in [0, 0.1) is 0 Å². The van der Waals surface area contributed by atoms with Crippen molar-refractivity contribution in [3.8, 4) is 0 Å². The van der Waals surface area contributed by atoms with E-state index in [0.29, 0.717) is 6.54 Å². The van der Waals surface area contributed by atoms with Crippen LogP contribution in [0.2, 0.25) is 0 Å². The van der Waals surface area contributed by atoms with Crippen molar-refractivity contribution in [2.45, 2.75) is 12.5 Å². The summed E-state index contributed by atoms with van der Waals surface area (Å²) >= 11 is 0. The summed E-state index contributed by atoms with van der Waals surface area (Å²) in [5.41, 5.74) is 5.50. The zero-order chi connectivity index (χ0) is 10.6. The molecule has 14 heavy (non-hydrogen) atoms. The number of hydrogen-bond donors (Lipinski definition) is 1. The van der Waals surface area contributed by atoms with E-state index in [1.165, 1.54) is 0 Å². The normalized spacial score (nSPS) is 24.0. The zero-order valence-electron chi connectivity index (χ0n) is 8.78. The number of hydrogen-bond acceptors (Lipinski definition) is 3. The van der Waals surface area contributed by atoms with Gasteiger partial charge in [0.25, 0.3) is 0 Å². The smallest absolute Gasteiger partial charge is 0.239 e. The van der Waals surface area contributed by atoms with Crippen molar-refractivity contribution in [3.63, 3.8) is 0 Å². The third kappa shape index (κ3) is 2.33. The molecule has 1 rings (SSSR count). The fraction of sp³-hybridized carbons (Fsp3) is 0.700. The largest absolute Gasteiger partial charge is 0.343 e. The Kier molecular flexibility index (Phi) is 4.10. The van der Waals surface area contributed by atoms with Gasteiger partial charge in [0.2, 0.25) is 5.91 Å². The molecular formula is C10H19N3O. The lowest BCUT2D eigenvalue weighted by atomic mass is 10.1. The van der Waals surface area contributed by atoms with Gasteiger partial charge in [0.05, 0.1) is 6.04 Å². The number of nitrogens with two attached hydrogens (primary N) is 1. The van der Waals surface area contributed by atoms with Crippen molar-refractivity contribution in [2.24, 2.45) is 5.73 Å². The summed E-state index contributed by atoms with van der Waals surface area (Å²) in [5, 5.41) is 0. The van der Waals surface area contributed by atoms with Crippen LogP contribution >= 0.6 is 0 Å². The first-order valence-corrected chi connectivity index (χ1v) is 5.00. The molecule has 1 aliphatic rings. The molecule has 1 amide bonds. The topological polar surface area (TPSA) is 49.6 Å². The standard InChI is InChI=1S/C10H19N3O/c1-3-6-13-8-7-12(2)10(14)9(13)4-5-11/h3,9H,1,4-8,11H2,2H3. The van der Waals surface area contributed by atoms with Crippen molar-refractivity contribution in [1.82, 2.24) is 9.80 Å². The second-order valence-electron chi connectivity index (χ2n) is 3.64. The molecule has 0 spiro atoms. The first-order valence-electron chi connectivity index (χ1n) is 5.00. The van der Waals surface area contributed by atoms with Gasteiger partial charge in [-0.3, -0.25) is 9.69 Å². The number of carbonyl (C=O) groups excluding carboxylic acids is 1. The van der Waals surface area contributed by atoms with Crippen LogP contribution in [-0.2, 0) is 4.79 Å². The van der Waals surface area contributed by atoms with E-state index in [4.69, 9.17) is 5.73 Å². The van der Waals surface area contributed by atoms with Crippen LogP contribution in [0.1, 0.15) is 6.42 Å². The van der Waals surface area contributed by atoms with Gasteiger partial charge in [0.15, 0.2) is 0 Å². The van der Waals surface area contributed by atoms with E-state index in [2.05, 4.69) is 11.5 Å². The van der Waals surface area contributed by atoms with Gasteiger partial charge in [0.1, 0.15) is 0 Å². The SMILES string of the molecule is C=CCN1CCN(C)C(=O)C1CCN. The molecule has 0 aliphatic carbocycles. The highest BCUT2D eigenvalue weighted by Crippen LogP contribution is 2.12. The van der Waals surface area contributed by atoms with Crippen molar-refractivity contribution in [2.75, 3.05) is 33.2 Å². The summed E-state index contributed by atoms with van der Waals surface area (Å²) in [6.45, 7) is 6.73. The highest BCUT2D eigenvalue weighted by atomic mass is 16.2. The summed E-state index contributed by atoms with van der Waals surface area (Å²) in [6.07, 6.45) is 2.57.